The van der Waals surface area contributed by atoms with Crippen molar-refractivity contribution in [1.29, 1.82) is 0 Å². The van der Waals surface area contributed by atoms with Crippen LogP contribution in [0.4, 0.5) is 5.00 Å². The highest BCUT2D eigenvalue weighted by Crippen LogP contribution is 2.39. The fraction of sp³-hybridized carbons (Fsp3) is 0.385. The predicted octanol–water partition coefficient (Wildman–Crippen LogP) is 6.02. The minimum atomic E-state index is -0.392. The molecule has 196 valence electrons. The van der Waals surface area contributed by atoms with Gasteiger partial charge < -0.3 is 14.8 Å². The number of nitrogens with zero attached hydrogens (tertiary/aromatic N) is 3. The van der Waals surface area contributed by atoms with Gasteiger partial charge in [-0.2, -0.15) is 0 Å². The van der Waals surface area contributed by atoms with E-state index in [4.69, 9.17) is 21.1 Å². The third-order valence-electron chi connectivity index (χ3n) is 5.85. The molecule has 1 atom stereocenters. The van der Waals surface area contributed by atoms with Crippen molar-refractivity contribution in [3.8, 4) is 5.75 Å². The van der Waals surface area contributed by atoms with Crippen molar-refractivity contribution in [2.45, 2.75) is 57.8 Å². The zero-order valence-electron chi connectivity index (χ0n) is 21.0. The first-order valence-electron chi connectivity index (χ1n) is 12.0. The van der Waals surface area contributed by atoms with E-state index in [2.05, 4.69) is 22.1 Å². The van der Waals surface area contributed by atoms with Crippen LogP contribution in [0.15, 0.2) is 36.0 Å². The summed E-state index contributed by atoms with van der Waals surface area (Å²) in [7, 11) is 0. The molecule has 37 heavy (non-hydrogen) atoms. The molecule has 1 amide bonds. The molecule has 2 heterocycles. The summed E-state index contributed by atoms with van der Waals surface area (Å²) in [6.45, 7) is 10.2. The Hall–Kier alpha value is -2.82. The normalized spacial score (nSPS) is 13.2. The molecule has 0 spiro atoms. The first-order valence-corrected chi connectivity index (χ1v) is 14.2. The molecule has 1 aromatic carbocycles. The van der Waals surface area contributed by atoms with Crippen molar-refractivity contribution in [3.63, 3.8) is 0 Å². The molecule has 11 heteroatoms. The minimum absolute atomic E-state index is 0.103. The number of ether oxygens (including phenoxy) is 2. The number of carbonyl (C=O) groups is 2. The maximum Gasteiger partial charge on any atom is 0.341 e. The van der Waals surface area contributed by atoms with Crippen LogP contribution in [0.5, 0.6) is 5.75 Å². The molecule has 1 aliphatic rings. The monoisotopic (exact) mass is 560 g/mol. The molecule has 1 aliphatic carbocycles. The lowest BCUT2D eigenvalue weighted by molar-refractivity contribution is -0.113. The maximum absolute atomic E-state index is 12.9. The van der Waals surface area contributed by atoms with Gasteiger partial charge in [0.05, 0.1) is 17.9 Å². The van der Waals surface area contributed by atoms with Gasteiger partial charge in [-0.1, -0.05) is 29.4 Å². The van der Waals surface area contributed by atoms with Crippen LogP contribution in [-0.4, -0.2) is 39.0 Å². The van der Waals surface area contributed by atoms with Crippen LogP contribution in [-0.2, 0) is 28.9 Å². The molecule has 0 bridgehead atoms. The van der Waals surface area contributed by atoms with Crippen LogP contribution in [0, 0.1) is 6.92 Å². The van der Waals surface area contributed by atoms with E-state index >= 15 is 0 Å². The smallest absolute Gasteiger partial charge is 0.341 e. The van der Waals surface area contributed by atoms with Crippen molar-refractivity contribution >= 4 is 51.6 Å². The van der Waals surface area contributed by atoms with E-state index in [-0.39, 0.29) is 24.2 Å². The van der Waals surface area contributed by atoms with Crippen LogP contribution >= 0.6 is 34.7 Å². The van der Waals surface area contributed by atoms with Gasteiger partial charge in [-0.05, 0) is 69.4 Å². The number of aromatic nitrogens is 3. The number of anilines is 1. The Morgan fingerprint density at radius 1 is 1.35 bits per heavy atom. The van der Waals surface area contributed by atoms with Gasteiger partial charge in [0.1, 0.15) is 10.8 Å². The Morgan fingerprint density at radius 2 is 2.16 bits per heavy atom. The lowest BCUT2D eigenvalue weighted by Gasteiger charge is -2.16. The Labute approximate surface area is 229 Å². The minimum Gasteiger partial charge on any atom is -0.483 e. The van der Waals surface area contributed by atoms with Gasteiger partial charge in [0, 0.05) is 16.4 Å². The molecule has 0 saturated carbocycles. The van der Waals surface area contributed by atoms with E-state index < -0.39 is 6.10 Å². The molecule has 2 aromatic heterocycles. The number of halogens is 1. The number of fused-ring (bicyclic) bond motifs is 1. The summed E-state index contributed by atoms with van der Waals surface area (Å²) in [4.78, 5) is 26.6. The highest BCUT2D eigenvalue weighted by molar-refractivity contribution is 7.99. The summed E-state index contributed by atoms with van der Waals surface area (Å²) in [5, 5.41) is 13.3. The van der Waals surface area contributed by atoms with E-state index in [1.807, 2.05) is 30.5 Å². The number of hydrogen-bond acceptors (Lipinski definition) is 8. The van der Waals surface area contributed by atoms with Gasteiger partial charge in [0.25, 0.3) is 0 Å². The fourth-order valence-corrected chi connectivity index (χ4v) is 6.33. The van der Waals surface area contributed by atoms with Crippen LogP contribution in [0.2, 0.25) is 5.02 Å². The number of hydrogen-bond donors (Lipinski definition) is 1. The quantitative estimate of drug-likeness (QED) is 0.174. The number of aryl methyl sites for hydroxylation is 2. The van der Waals surface area contributed by atoms with Crippen LogP contribution in [0.25, 0.3) is 0 Å². The molecule has 0 saturated heterocycles. The number of thiophene rings is 1. The number of esters is 1. The first-order chi connectivity index (χ1) is 17.8. The second-order valence-corrected chi connectivity index (χ2v) is 11.0. The van der Waals surface area contributed by atoms with Gasteiger partial charge in [0.2, 0.25) is 5.91 Å². The van der Waals surface area contributed by atoms with Crippen molar-refractivity contribution in [1.82, 2.24) is 14.8 Å². The van der Waals surface area contributed by atoms with Crippen LogP contribution in [0.1, 0.15) is 58.6 Å². The van der Waals surface area contributed by atoms with Gasteiger partial charge in [-0.3, -0.25) is 9.36 Å². The lowest BCUT2D eigenvalue weighted by Crippen LogP contribution is -2.17. The lowest BCUT2D eigenvalue weighted by atomic mass is 10.1. The van der Waals surface area contributed by atoms with E-state index in [0.29, 0.717) is 38.9 Å². The molecular weight excluding hydrogens is 532 g/mol. The van der Waals surface area contributed by atoms with E-state index in [1.54, 1.807) is 19.1 Å². The topological polar surface area (TPSA) is 95.3 Å². The summed E-state index contributed by atoms with van der Waals surface area (Å²) in [5.74, 6) is 0.786. The van der Waals surface area contributed by atoms with Crippen LogP contribution in [0.3, 0.4) is 0 Å². The van der Waals surface area contributed by atoms with Gasteiger partial charge >= 0.3 is 5.97 Å². The molecule has 1 unspecified atom stereocenters. The molecule has 4 rings (SSSR count). The Morgan fingerprint density at radius 3 is 2.89 bits per heavy atom. The van der Waals surface area contributed by atoms with Gasteiger partial charge in [-0.25, -0.2) is 4.79 Å². The van der Waals surface area contributed by atoms with Gasteiger partial charge in [-0.15, -0.1) is 28.1 Å². The fourth-order valence-electron chi connectivity index (χ4n) is 4.16. The Kier molecular flexibility index (Phi) is 8.94. The molecule has 0 aliphatic heterocycles. The molecule has 8 nitrogen and oxygen atoms in total. The second kappa shape index (κ2) is 12.1. The summed E-state index contributed by atoms with van der Waals surface area (Å²) in [6, 6.07) is 5.48. The maximum atomic E-state index is 12.9. The van der Waals surface area contributed by atoms with E-state index in [9.17, 15) is 9.59 Å². The number of allylic oxidation sites excluding steroid dienone is 1. The third kappa shape index (κ3) is 6.19. The molecule has 0 radical (unpaired) electrons. The average molecular weight is 561 g/mol. The molecule has 0 fully saturated rings. The average Bonchev–Trinajstić information content (AvgIpc) is 3.55. The SMILES string of the molecule is C=CCn1c(SCC(=O)Nc2sc3c(c2C(=O)OCC)CCC3)nnc1C(C)Oc1ccc(Cl)c(C)c1. The highest BCUT2D eigenvalue weighted by Gasteiger charge is 2.28. The van der Waals surface area contributed by atoms with Crippen molar-refractivity contribution in [2.75, 3.05) is 17.7 Å². The summed E-state index contributed by atoms with van der Waals surface area (Å²) in [5.41, 5.74) is 2.42. The van der Waals surface area contributed by atoms with Crippen molar-refractivity contribution < 1.29 is 19.1 Å². The van der Waals surface area contributed by atoms with Crippen molar-refractivity contribution in [2.24, 2.45) is 0 Å². The van der Waals surface area contributed by atoms with E-state index in [0.717, 1.165) is 35.3 Å². The summed E-state index contributed by atoms with van der Waals surface area (Å²) < 4.78 is 13.2. The second-order valence-electron chi connectivity index (χ2n) is 8.53. The largest absolute Gasteiger partial charge is 0.483 e. The number of thioether (sulfide) groups is 1. The van der Waals surface area contributed by atoms with Crippen molar-refractivity contribution in [3.05, 3.63) is 63.3 Å². The molecule has 3 aromatic rings. The zero-order valence-corrected chi connectivity index (χ0v) is 23.4. The molecular formula is C26H29ClN4O4S2. The summed E-state index contributed by atoms with van der Waals surface area (Å²) in [6.07, 6.45) is 4.11. The zero-order chi connectivity index (χ0) is 26.5. The standard InChI is InChI=1S/C26H29ClN4O4S2/c1-5-12-31-23(16(4)35-17-10-11-19(27)15(3)13-17)29-30-26(31)36-14-21(32)28-24-22(25(33)34-6-2)18-8-7-9-20(18)37-24/h5,10-11,13,16H,1,6-9,12,14H2,2-4H3,(H,28,32). The number of nitrogens with one attached hydrogen (secondary N) is 1. The highest BCUT2D eigenvalue weighted by atomic mass is 35.5. The Bertz CT molecular complexity index is 1320. The third-order valence-corrected chi connectivity index (χ3v) is 8.45. The molecule has 1 N–H and O–H groups in total. The van der Waals surface area contributed by atoms with Gasteiger partial charge in [0.15, 0.2) is 17.1 Å². The first kappa shape index (κ1) is 27.2. The number of benzene rings is 1. The predicted molar refractivity (Wildman–Crippen MR) is 147 cm³/mol. The number of rotatable bonds is 11. The van der Waals surface area contributed by atoms with Crippen LogP contribution < -0.4 is 10.1 Å². The van der Waals surface area contributed by atoms with E-state index in [1.165, 1.54) is 23.1 Å². The summed E-state index contributed by atoms with van der Waals surface area (Å²) >= 11 is 8.85. The number of amides is 1. The number of carbonyl (C=O) groups excluding carboxylic acids is 2. The Balaban J connectivity index is 1.44.